The highest BCUT2D eigenvalue weighted by Crippen LogP contribution is 2.37. The van der Waals surface area contributed by atoms with Crippen molar-refractivity contribution < 1.29 is 9.53 Å². The number of rotatable bonds is 5. The average molecular weight is 438 g/mol. The van der Waals surface area contributed by atoms with Gasteiger partial charge < -0.3 is 15.4 Å². The van der Waals surface area contributed by atoms with Crippen molar-refractivity contribution in [1.82, 2.24) is 19.7 Å². The van der Waals surface area contributed by atoms with Gasteiger partial charge in [-0.25, -0.2) is 4.68 Å². The molecule has 1 atom stereocenters. The first kappa shape index (κ1) is 20.4. The molecule has 2 aromatic heterocycles. The Hall–Kier alpha value is -4.46. The molecule has 0 radical (unpaired) electrons. The first-order chi connectivity index (χ1) is 16.1. The Morgan fingerprint density at radius 1 is 1.06 bits per heavy atom. The van der Waals surface area contributed by atoms with Crippen LogP contribution in [0.15, 0.2) is 90.4 Å². The van der Waals surface area contributed by atoms with Gasteiger partial charge in [-0.2, -0.15) is 4.98 Å². The number of carbonyl (C=O) groups excluding carboxylic acids is 1. The van der Waals surface area contributed by atoms with E-state index in [1.807, 2.05) is 73.7 Å². The molecule has 164 valence electrons. The largest absolute Gasteiger partial charge is 0.497 e. The summed E-state index contributed by atoms with van der Waals surface area (Å²) < 4.78 is 7.19. The molecule has 0 fully saturated rings. The second-order valence-electron chi connectivity index (χ2n) is 7.60. The molecule has 0 spiro atoms. The molecule has 0 bridgehead atoms. The van der Waals surface area contributed by atoms with E-state index >= 15 is 0 Å². The van der Waals surface area contributed by atoms with Gasteiger partial charge in [0.15, 0.2) is 5.82 Å². The number of nitrogens with one attached hydrogen (secondary N) is 2. The van der Waals surface area contributed by atoms with Gasteiger partial charge in [-0.3, -0.25) is 9.78 Å². The van der Waals surface area contributed by atoms with Crippen LogP contribution in [-0.4, -0.2) is 32.8 Å². The second kappa shape index (κ2) is 8.58. The standard InChI is InChI=1S/C25H22N6O2/c1-16-21(24(32)28-19-8-4-3-5-9-19)22(18-7-6-10-20(15-18)33-2)31-25(27-16)29-23(30-31)17-11-13-26-14-12-17/h3-15,22H,1-2H3,(H,28,32)(H,27,29,30). The minimum absolute atomic E-state index is 0.217. The predicted octanol–water partition coefficient (Wildman–Crippen LogP) is 4.28. The number of nitrogens with zero attached hydrogens (tertiary/aromatic N) is 4. The summed E-state index contributed by atoms with van der Waals surface area (Å²) in [6.07, 6.45) is 3.40. The lowest BCUT2D eigenvalue weighted by Gasteiger charge is -2.28. The zero-order valence-electron chi connectivity index (χ0n) is 18.2. The van der Waals surface area contributed by atoms with Gasteiger partial charge in [0.25, 0.3) is 5.91 Å². The van der Waals surface area contributed by atoms with E-state index in [4.69, 9.17) is 9.84 Å². The summed E-state index contributed by atoms with van der Waals surface area (Å²) >= 11 is 0. The summed E-state index contributed by atoms with van der Waals surface area (Å²) in [6.45, 7) is 1.87. The lowest BCUT2D eigenvalue weighted by molar-refractivity contribution is -0.113. The van der Waals surface area contributed by atoms with Gasteiger partial charge in [0.2, 0.25) is 5.95 Å². The maximum atomic E-state index is 13.5. The van der Waals surface area contributed by atoms with E-state index in [1.165, 1.54) is 0 Å². The molecule has 4 aromatic rings. The van der Waals surface area contributed by atoms with Crippen molar-refractivity contribution in [3.63, 3.8) is 0 Å². The third kappa shape index (κ3) is 3.94. The molecule has 3 heterocycles. The summed E-state index contributed by atoms with van der Waals surface area (Å²) in [7, 11) is 1.62. The van der Waals surface area contributed by atoms with Crippen LogP contribution in [0.4, 0.5) is 11.6 Å². The molecule has 5 rings (SSSR count). The number of hydrogen-bond donors (Lipinski definition) is 2. The summed E-state index contributed by atoms with van der Waals surface area (Å²) in [6, 6.07) is 20.2. The fourth-order valence-electron chi connectivity index (χ4n) is 3.91. The maximum Gasteiger partial charge on any atom is 0.255 e. The zero-order valence-corrected chi connectivity index (χ0v) is 18.2. The quantitative estimate of drug-likeness (QED) is 0.483. The van der Waals surface area contributed by atoms with Gasteiger partial charge in [-0.15, -0.1) is 5.10 Å². The van der Waals surface area contributed by atoms with Crippen LogP contribution in [0.25, 0.3) is 11.4 Å². The fourth-order valence-corrected chi connectivity index (χ4v) is 3.91. The van der Waals surface area contributed by atoms with Crippen molar-refractivity contribution in [2.75, 3.05) is 17.7 Å². The average Bonchev–Trinajstić information content (AvgIpc) is 3.28. The van der Waals surface area contributed by atoms with Crippen LogP contribution in [-0.2, 0) is 4.79 Å². The van der Waals surface area contributed by atoms with Crippen molar-refractivity contribution in [2.45, 2.75) is 13.0 Å². The van der Waals surface area contributed by atoms with E-state index < -0.39 is 6.04 Å². The second-order valence-corrected chi connectivity index (χ2v) is 7.60. The van der Waals surface area contributed by atoms with Gasteiger partial charge in [0.1, 0.15) is 11.8 Å². The number of fused-ring (bicyclic) bond motifs is 1. The number of hydrogen-bond acceptors (Lipinski definition) is 6. The summed E-state index contributed by atoms with van der Waals surface area (Å²) in [4.78, 5) is 22.2. The van der Waals surface area contributed by atoms with Crippen molar-refractivity contribution >= 4 is 17.5 Å². The van der Waals surface area contributed by atoms with Crippen LogP contribution in [0.5, 0.6) is 5.75 Å². The summed E-state index contributed by atoms with van der Waals surface area (Å²) in [5.41, 5.74) is 3.67. The monoisotopic (exact) mass is 438 g/mol. The zero-order chi connectivity index (χ0) is 22.8. The number of para-hydroxylation sites is 1. The highest BCUT2D eigenvalue weighted by molar-refractivity contribution is 6.06. The topological polar surface area (TPSA) is 94.0 Å². The third-order valence-corrected chi connectivity index (χ3v) is 5.48. The van der Waals surface area contributed by atoms with E-state index in [0.717, 1.165) is 11.1 Å². The first-order valence-electron chi connectivity index (χ1n) is 10.5. The molecule has 1 aliphatic heterocycles. The number of carbonyl (C=O) groups is 1. The van der Waals surface area contributed by atoms with Gasteiger partial charge >= 0.3 is 0 Å². The molecular formula is C25H22N6O2. The van der Waals surface area contributed by atoms with Crippen LogP contribution in [0, 0.1) is 0 Å². The third-order valence-electron chi connectivity index (χ3n) is 5.48. The van der Waals surface area contributed by atoms with Gasteiger partial charge in [0.05, 0.1) is 12.7 Å². The molecule has 1 amide bonds. The SMILES string of the molecule is COc1cccc(C2C(C(=O)Nc3ccccc3)=C(C)Nc3nc(-c4ccncc4)nn32)c1. The van der Waals surface area contributed by atoms with Crippen molar-refractivity contribution in [1.29, 1.82) is 0 Å². The lowest BCUT2D eigenvalue weighted by Crippen LogP contribution is -2.31. The van der Waals surface area contributed by atoms with E-state index in [9.17, 15) is 4.79 Å². The van der Waals surface area contributed by atoms with E-state index in [0.29, 0.717) is 34.5 Å². The Kier molecular flexibility index (Phi) is 5.32. The molecule has 2 aromatic carbocycles. The van der Waals surface area contributed by atoms with Gasteiger partial charge in [-0.05, 0) is 48.9 Å². The highest BCUT2D eigenvalue weighted by atomic mass is 16.5. The molecule has 1 aliphatic rings. The molecule has 0 saturated carbocycles. The van der Waals surface area contributed by atoms with Crippen LogP contribution in [0.3, 0.4) is 0 Å². The molecule has 0 saturated heterocycles. The molecule has 8 nitrogen and oxygen atoms in total. The Bertz CT molecular complexity index is 1330. The number of ether oxygens (including phenoxy) is 1. The number of pyridine rings is 1. The molecule has 1 unspecified atom stereocenters. The van der Waals surface area contributed by atoms with Gasteiger partial charge in [-0.1, -0.05) is 30.3 Å². The summed E-state index contributed by atoms with van der Waals surface area (Å²) in [5.74, 6) is 1.59. The van der Waals surface area contributed by atoms with E-state index in [-0.39, 0.29) is 5.91 Å². The van der Waals surface area contributed by atoms with Crippen LogP contribution < -0.4 is 15.4 Å². The number of amides is 1. The number of anilines is 2. The number of allylic oxidation sites excluding steroid dienone is 1. The highest BCUT2D eigenvalue weighted by Gasteiger charge is 2.34. The Morgan fingerprint density at radius 3 is 2.61 bits per heavy atom. The van der Waals surface area contributed by atoms with Crippen LogP contribution in [0.1, 0.15) is 18.5 Å². The van der Waals surface area contributed by atoms with Crippen LogP contribution >= 0.6 is 0 Å². The lowest BCUT2D eigenvalue weighted by atomic mass is 9.95. The molecule has 8 heteroatoms. The summed E-state index contributed by atoms with van der Waals surface area (Å²) in [5, 5.41) is 11.0. The Balaban J connectivity index is 1.62. The van der Waals surface area contributed by atoms with Gasteiger partial charge in [0, 0.05) is 29.3 Å². The molecule has 2 N–H and O–H groups in total. The minimum atomic E-state index is -0.497. The minimum Gasteiger partial charge on any atom is -0.497 e. The Labute approximate surface area is 191 Å². The van der Waals surface area contributed by atoms with Crippen LogP contribution in [0.2, 0.25) is 0 Å². The number of aromatic nitrogens is 4. The Morgan fingerprint density at radius 2 is 1.85 bits per heavy atom. The normalized spacial score (nSPS) is 14.9. The fraction of sp³-hybridized carbons (Fsp3) is 0.120. The number of methoxy groups -OCH3 is 1. The van der Waals surface area contributed by atoms with E-state index in [2.05, 4.69) is 20.6 Å². The maximum absolute atomic E-state index is 13.5. The van der Waals surface area contributed by atoms with E-state index in [1.54, 1.807) is 24.2 Å². The predicted molar refractivity (Wildman–Crippen MR) is 126 cm³/mol. The van der Waals surface area contributed by atoms with Crippen molar-refractivity contribution in [2.24, 2.45) is 0 Å². The molecular weight excluding hydrogens is 416 g/mol. The van der Waals surface area contributed by atoms with Crippen molar-refractivity contribution in [3.05, 3.63) is 96.0 Å². The number of benzene rings is 2. The molecule has 0 aliphatic carbocycles. The first-order valence-corrected chi connectivity index (χ1v) is 10.5. The molecule has 33 heavy (non-hydrogen) atoms. The smallest absolute Gasteiger partial charge is 0.255 e. The van der Waals surface area contributed by atoms with Crippen molar-refractivity contribution in [3.8, 4) is 17.1 Å².